The minimum Gasteiger partial charge on any atom is -0.481 e. The summed E-state index contributed by atoms with van der Waals surface area (Å²) in [5.41, 5.74) is -0.0737. The van der Waals surface area contributed by atoms with Gasteiger partial charge < -0.3 is 19.2 Å². The summed E-state index contributed by atoms with van der Waals surface area (Å²) in [5, 5.41) is 9.89. The summed E-state index contributed by atoms with van der Waals surface area (Å²) in [7, 11) is 0. The Hall–Kier alpha value is -2.83. The van der Waals surface area contributed by atoms with E-state index in [0.29, 0.717) is 30.7 Å². The van der Waals surface area contributed by atoms with Crippen LogP contribution >= 0.6 is 0 Å². The Morgan fingerprint density at radius 2 is 2.08 bits per heavy atom. The first-order valence-corrected chi connectivity index (χ1v) is 8.16. The molecular weight excluding hydrogens is 326 g/mol. The molecule has 3 rings (SSSR count). The van der Waals surface area contributed by atoms with Crippen molar-refractivity contribution in [2.24, 2.45) is 5.92 Å². The third kappa shape index (κ3) is 3.81. The van der Waals surface area contributed by atoms with E-state index in [2.05, 4.69) is 0 Å². The SMILES string of the molecule is CC(Oc1ccc2ccc(=O)oc2c1)C(=O)N1CCCC(C(=O)O)C1. The molecule has 2 heterocycles. The Morgan fingerprint density at radius 3 is 2.84 bits per heavy atom. The van der Waals surface area contributed by atoms with Crippen molar-refractivity contribution in [1.82, 2.24) is 4.90 Å². The van der Waals surface area contributed by atoms with Gasteiger partial charge in [0.25, 0.3) is 5.91 Å². The molecule has 1 aromatic carbocycles. The average Bonchev–Trinajstić information content (AvgIpc) is 2.60. The van der Waals surface area contributed by atoms with Crippen LogP contribution in [0.5, 0.6) is 5.75 Å². The Morgan fingerprint density at radius 1 is 1.32 bits per heavy atom. The number of carboxylic acids is 1. The van der Waals surface area contributed by atoms with Gasteiger partial charge in [-0.15, -0.1) is 0 Å². The van der Waals surface area contributed by atoms with Gasteiger partial charge in [0.05, 0.1) is 5.92 Å². The lowest BCUT2D eigenvalue weighted by atomic mass is 9.98. The molecule has 25 heavy (non-hydrogen) atoms. The van der Waals surface area contributed by atoms with Crippen LogP contribution in [0.2, 0.25) is 0 Å². The number of rotatable bonds is 4. The Labute approximate surface area is 143 Å². The van der Waals surface area contributed by atoms with Crippen molar-refractivity contribution < 1.29 is 23.8 Å². The first-order valence-electron chi connectivity index (χ1n) is 8.16. The molecule has 7 nitrogen and oxygen atoms in total. The standard InChI is InChI=1S/C18H19NO6/c1-11(17(21)19-8-2-3-13(10-19)18(22)23)24-14-6-4-12-5-7-16(20)25-15(12)9-14/h4-7,9,11,13H,2-3,8,10H2,1H3,(H,22,23). The van der Waals surface area contributed by atoms with E-state index in [1.807, 2.05) is 0 Å². The molecule has 1 aliphatic heterocycles. The van der Waals surface area contributed by atoms with E-state index in [4.69, 9.17) is 14.3 Å². The van der Waals surface area contributed by atoms with Crippen molar-refractivity contribution >= 4 is 22.8 Å². The molecule has 2 aromatic rings. The second kappa shape index (κ2) is 6.96. The molecule has 1 N–H and O–H groups in total. The van der Waals surface area contributed by atoms with E-state index in [9.17, 15) is 14.4 Å². The van der Waals surface area contributed by atoms with E-state index in [1.54, 1.807) is 31.2 Å². The highest BCUT2D eigenvalue weighted by molar-refractivity contribution is 5.82. The maximum atomic E-state index is 12.5. The average molecular weight is 345 g/mol. The van der Waals surface area contributed by atoms with Crippen molar-refractivity contribution in [3.8, 4) is 5.75 Å². The number of piperidine rings is 1. The van der Waals surface area contributed by atoms with E-state index in [-0.39, 0.29) is 12.5 Å². The van der Waals surface area contributed by atoms with Crippen LogP contribution in [-0.4, -0.2) is 41.1 Å². The van der Waals surface area contributed by atoms with Gasteiger partial charge in [0.15, 0.2) is 6.10 Å². The number of carbonyl (C=O) groups excluding carboxylic acids is 1. The topological polar surface area (TPSA) is 97.0 Å². The molecule has 1 saturated heterocycles. The van der Waals surface area contributed by atoms with Gasteiger partial charge in [0.2, 0.25) is 0 Å². The number of aliphatic carboxylic acids is 1. The third-order valence-electron chi connectivity index (χ3n) is 4.34. The number of fused-ring (bicyclic) bond motifs is 1. The Bertz CT molecular complexity index is 858. The van der Waals surface area contributed by atoms with E-state index < -0.39 is 23.6 Å². The summed E-state index contributed by atoms with van der Waals surface area (Å²) in [5.74, 6) is -1.24. The minimum atomic E-state index is -0.879. The number of carboxylic acid groups (broad SMARTS) is 1. The highest BCUT2D eigenvalue weighted by Crippen LogP contribution is 2.22. The largest absolute Gasteiger partial charge is 0.481 e. The van der Waals surface area contributed by atoms with E-state index in [0.717, 1.165) is 5.39 Å². The van der Waals surface area contributed by atoms with Crippen molar-refractivity contribution in [2.75, 3.05) is 13.1 Å². The number of amides is 1. The molecule has 0 spiro atoms. The Balaban J connectivity index is 1.70. The lowest BCUT2D eigenvalue weighted by molar-refractivity contribution is -0.147. The van der Waals surface area contributed by atoms with Gasteiger partial charge in [-0.2, -0.15) is 0 Å². The predicted octanol–water partition coefficient (Wildman–Crippen LogP) is 1.88. The van der Waals surface area contributed by atoms with Crippen molar-refractivity contribution in [1.29, 1.82) is 0 Å². The second-order valence-electron chi connectivity index (χ2n) is 6.18. The zero-order chi connectivity index (χ0) is 18.0. The van der Waals surface area contributed by atoms with Gasteiger partial charge in [-0.25, -0.2) is 4.79 Å². The molecule has 1 fully saturated rings. The zero-order valence-corrected chi connectivity index (χ0v) is 13.8. The normalized spacial score (nSPS) is 18.8. The minimum absolute atomic E-state index is 0.203. The molecule has 1 aromatic heterocycles. The predicted molar refractivity (Wildman–Crippen MR) is 89.5 cm³/mol. The van der Waals surface area contributed by atoms with Crippen LogP contribution in [0, 0.1) is 5.92 Å². The second-order valence-corrected chi connectivity index (χ2v) is 6.18. The summed E-state index contributed by atoms with van der Waals surface area (Å²) >= 11 is 0. The van der Waals surface area contributed by atoms with Crippen LogP contribution in [0.15, 0.2) is 39.5 Å². The molecule has 0 aliphatic carbocycles. The van der Waals surface area contributed by atoms with Crippen LogP contribution in [0.3, 0.4) is 0 Å². The molecule has 1 amide bonds. The number of carbonyl (C=O) groups is 2. The van der Waals surface area contributed by atoms with Crippen LogP contribution in [0.25, 0.3) is 11.0 Å². The first kappa shape index (κ1) is 17.0. The molecule has 0 radical (unpaired) electrons. The first-order chi connectivity index (χ1) is 11.9. The van der Waals surface area contributed by atoms with Crippen LogP contribution in [-0.2, 0) is 9.59 Å². The number of likely N-dealkylation sites (tertiary alicyclic amines) is 1. The summed E-state index contributed by atoms with van der Waals surface area (Å²) in [6.07, 6.45) is 0.481. The molecule has 1 aliphatic rings. The van der Waals surface area contributed by atoms with E-state index in [1.165, 1.54) is 11.0 Å². The smallest absolute Gasteiger partial charge is 0.336 e. The number of benzene rings is 1. The maximum Gasteiger partial charge on any atom is 0.336 e. The van der Waals surface area contributed by atoms with Gasteiger partial charge >= 0.3 is 11.6 Å². The summed E-state index contributed by atoms with van der Waals surface area (Å²) in [4.78, 5) is 36.5. The summed E-state index contributed by atoms with van der Waals surface area (Å²) in [6, 6.07) is 7.99. The van der Waals surface area contributed by atoms with Gasteiger partial charge in [-0.3, -0.25) is 9.59 Å². The van der Waals surface area contributed by atoms with Crippen LogP contribution < -0.4 is 10.4 Å². The number of nitrogens with zero attached hydrogens (tertiary/aromatic N) is 1. The lowest BCUT2D eigenvalue weighted by Gasteiger charge is -2.32. The summed E-state index contributed by atoms with van der Waals surface area (Å²) < 4.78 is 10.8. The molecule has 132 valence electrons. The van der Waals surface area contributed by atoms with Crippen molar-refractivity contribution in [2.45, 2.75) is 25.9 Å². The van der Waals surface area contributed by atoms with Crippen molar-refractivity contribution in [3.05, 3.63) is 40.8 Å². The fraction of sp³-hybridized carbons (Fsp3) is 0.389. The number of hydrogen-bond donors (Lipinski definition) is 1. The quantitative estimate of drug-likeness (QED) is 0.850. The maximum absolute atomic E-state index is 12.5. The van der Waals surface area contributed by atoms with Gasteiger partial charge in [-0.1, -0.05) is 0 Å². The van der Waals surface area contributed by atoms with Gasteiger partial charge in [0, 0.05) is 30.6 Å². The third-order valence-corrected chi connectivity index (χ3v) is 4.34. The van der Waals surface area contributed by atoms with Crippen molar-refractivity contribution in [3.63, 3.8) is 0 Å². The van der Waals surface area contributed by atoms with Gasteiger partial charge in [0.1, 0.15) is 11.3 Å². The molecule has 0 bridgehead atoms. The highest BCUT2D eigenvalue weighted by atomic mass is 16.5. The fourth-order valence-corrected chi connectivity index (χ4v) is 3.00. The molecule has 2 unspecified atom stereocenters. The number of hydrogen-bond acceptors (Lipinski definition) is 5. The monoisotopic (exact) mass is 345 g/mol. The molecule has 2 atom stereocenters. The zero-order valence-electron chi connectivity index (χ0n) is 13.8. The molecular formula is C18H19NO6. The number of ether oxygens (including phenoxy) is 1. The fourth-order valence-electron chi connectivity index (χ4n) is 3.00. The van der Waals surface area contributed by atoms with E-state index >= 15 is 0 Å². The highest BCUT2D eigenvalue weighted by Gasteiger charge is 2.30. The van der Waals surface area contributed by atoms with Crippen LogP contribution in [0.4, 0.5) is 0 Å². The molecule has 0 saturated carbocycles. The lowest BCUT2D eigenvalue weighted by Crippen LogP contribution is -2.47. The van der Waals surface area contributed by atoms with Crippen LogP contribution in [0.1, 0.15) is 19.8 Å². The summed E-state index contributed by atoms with van der Waals surface area (Å²) in [6.45, 7) is 2.36. The Kier molecular flexibility index (Phi) is 4.74. The van der Waals surface area contributed by atoms with Gasteiger partial charge in [-0.05, 0) is 38.0 Å². The molecule has 7 heteroatoms.